The maximum Gasteiger partial charge on any atom is 0.0571 e. The average Bonchev–Trinajstić information content (AvgIpc) is 3.50. The van der Waals surface area contributed by atoms with Crippen molar-refractivity contribution in [3.05, 3.63) is 134 Å². The molecule has 0 bridgehead atoms. The van der Waals surface area contributed by atoms with Crippen molar-refractivity contribution in [2.45, 2.75) is 0 Å². The van der Waals surface area contributed by atoms with E-state index >= 15 is 0 Å². The molecule has 8 rings (SSSR count). The lowest BCUT2D eigenvalue weighted by Crippen LogP contribution is -1.96. The van der Waals surface area contributed by atoms with Gasteiger partial charge in [0, 0.05) is 63.3 Å². The zero-order valence-corrected chi connectivity index (χ0v) is 20.5. The number of hydrogen-bond acceptors (Lipinski definition) is 2. The van der Waals surface area contributed by atoms with Gasteiger partial charge in [0.2, 0.25) is 0 Å². The molecule has 0 N–H and O–H groups in total. The van der Waals surface area contributed by atoms with E-state index in [1.54, 1.807) is 0 Å². The minimum Gasteiger partial charge on any atom is -0.309 e. The van der Waals surface area contributed by atoms with Gasteiger partial charge in [-0.05, 0) is 60.2 Å². The number of rotatable bonds is 3. The van der Waals surface area contributed by atoms with Crippen molar-refractivity contribution in [3.63, 3.8) is 0 Å². The highest BCUT2D eigenvalue weighted by Crippen LogP contribution is 2.37. The second-order valence-corrected chi connectivity index (χ2v) is 9.59. The molecule has 0 saturated carbocycles. The Hall–Kier alpha value is -5.22. The third kappa shape index (κ3) is 3.04. The van der Waals surface area contributed by atoms with Gasteiger partial charge in [-0.3, -0.25) is 9.97 Å². The first-order valence-corrected chi connectivity index (χ1v) is 12.7. The maximum absolute atomic E-state index is 4.50. The third-order valence-electron chi connectivity index (χ3n) is 7.49. The van der Waals surface area contributed by atoms with Gasteiger partial charge in [0.15, 0.2) is 0 Å². The van der Waals surface area contributed by atoms with Crippen molar-refractivity contribution in [3.8, 4) is 22.5 Å². The minimum absolute atomic E-state index is 1.10. The van der Waals surface area contributed by atoms with Gasteiger partial charge in [-0.1, -0.05) is 54.6 Å². The quantitative estimate of drug-likeness (QED) is 0.252. The predicted octanol–water partition coefficient (Wildman–Crippen LogP) is 8.34. The van der Waals surface area contributed by atoms with Crippen LogP contribution in [0.3, 0.4) is 0 Å². The molecule has 0 spiro atoms. The van der Waals surface area contributed by atoms with Crippen molar-refractivity contribution in [2.75, 3.05) is 0 Å². The molecule has 0 aliphatic rings. The van der Waals surface area contributed by atoms with Gasteiger partial charge in [0.05, 0.1) is 22.1 Å². The van der Waals surface area contributed by atoms with E-state index in [1.165, 1.54) is 27.2 Å². The van der Waals surface area contributed by atoms with Crippen LogP contribution in [0.25, 0.3) is 66.1 Å². The summed E-state index contributed by atoms with van der Waals surface area (Å²) in [6.45, 7) is 0. The van der Waals surface area contributed by atoms with E-state index < -0.39 is 0 Å². The molecule has 0 saturated heterocycles. The Labute approximate surface area is 219 Å². The molecule has 4 heterocycles. The predicted molar refractivity (Wildman–Crippen MR) is 156 cm³/mol. The molecule has 178 valence electrons. The highest BCUT2D eigenvalue weighted by molar-refractivity contribution is 6.12. The lowest BCUT2D eigenvalue weighted by atomic mass is 10.1. The average molecular weight is 487 g/mol. The summed E-state index contributed by atoms with van der Waals surface area (Å²) < 4.78 is 4.70. The normalized spacial score (nSPS) is 11.7. The van der Waals surface area contributed by atoms with Crippen molar-refractivity contribution in [1.29, 1.82) is 0 Å². The van der Waals surface area contributed by atoms with Crippen molar-refractivity contribution in [2.24, 2.45) is 0 Å². The first-order chi connectivity index (χ1) is 18.9. The highest BCUT2D eigenvalue weighted by atomic mass is 15.0. The van der Waals surface area contributed by atoms with Crippen LogP contribution in [0.4, 0.5) is 0 Å². The van der Waals surface area contributed by atoms with E-state index in [1.807, 2.05) is 30.9 Å². The van der Waals surface area contributed by atoms with Crippen LogP contribution in [0.1, 0.15) is 0 Å². The molecule has 4 aromatic carbocycles. The number of pyridine rings is 2. The Morgan fingerprint density at radius 3 is 1.82 bits per heavy atom. The van der Waals surface area contributed by atoms with Gasteiger partial charge >= 0.3 is 0 Å². The van der Waals surface area contributed by atoms with Crippen LogP contribution in [-0.2, 0) is 0 Å². The van der Waals surface area contributed by atoms with Crippen LogP contribution in [-0.4, -0.2) is 19.1 Å². The molecular weight excluding hydrogens is 464 g/mol. The zero-order chi connectivity index (χ0) is 25.1. The molecule has 0 aliphatic heterocycles. The summed E-state index contributed by atoms with van der Waals surface area (Å²) in [5, 5.41) is 4.84. The fourth-order valence-corrected chi connectivity index (χ4v) is 5.83. The molecular formula is C34H22N4. The van der Waals surface area contributed by atoms with Gasteiger partial charge < -0.3 is 9.13 Å². The van der Waals surface area contributed by atoms with Gasteiger partial charge in [-0.25, -0.2) is 0 Å². The Bertz CT molecular complexity index is 2080. The zero-order valence-electron chi connectivity index (χ0n) is 20.5. The molecule has 0 atom stereocenters. The summed E-state index contributed by atoms with van der Waals surface area (Å²) in [4.78, 5) is 8.81. The SMILES string of the molecule is c1cncc(-c2cccc(-n3c4ccncc4c4cc(-n5c6ccccc6c6ccccc65)ccc43)c2)c1. The Balaban J connectivity index is 1.40. The van der Waals surface area contributed by atoms with E-state index in [0.29, 0.717) is 0 Å². The summed E-state index contributed by atoms with van der Waals surface area (Å²) in [5.41, 5.74) is 9.20. The minimum atomic E-state index is 1.10. The lowest BCUT2D eigenvalue weighted by Gasteiger charge is -2.11. The fourth-order valence-electron chi connectivity index (χ4n) is 5.83. The number of hydrogen-bond donors (Lipinski definition) is 0. The molecule has 4 nitrogen and oxygen atoms in total. The maximum atomic E-state index is 4.50. The van der Waals surface area contributed by atoms with Gasteiger partial charge in [0.1, 0.15) is 0 Å². The van der Waals surface area contributed by atoms with Crippen LogP contribution >= 0.6 is 0 Å². The van der Waals surface area contributed by atoms with E-state index in [9.17, 15) is 0 Å². The Morgan fingerprint density at radius 1 is 0.395 bits per heavy atom. The largest absolute Gasteiger partial charge is 0.309 e. The molecule has 4 heteroatoms. The topological polar surface area (TPSA) is 35.6 Å². The monoisotopic (exact) mass is 486 g/mol. The molecule has 0 unspecified atom stereocenters. The van der Waals surface area contributed by atoms with E-state index in [2.05, 4.69) is 122 Å². The number of aromatic nitrogens is 4. The molecule has 0 fully saturated rings. The first kappa shape index (κ1) is 20.9. The smallest absolute Gasteiger partial charge is 0.0571 e. The van der Waals surface area contributed by atoms with E-state index in [-0.39, 0.29) is 0 Å². The fraction of sp³-hybridized carbons (Fsp3) is 0. The summed E-state index contributed by atoms with van der Waals surface area (Å²) in [7, 11) is 0. The molecule has 38 heavy (non-hydrogen) atoms. The highest BCUT2D eigenvalue weighted by Gasteiger charge is 2.16. The second-order valence-electron chi connectivity index (χ2n) is 9.59. The molecule has 0 radical (unpaired) electrons. The van der Waals surface area contributed by atoms with Crippen LogP contribution < -0.4 is 0 Å². The number of benzene rings is 4. The number of para-hydroxylation sites is 2. The Kier molecular flexibility index (Phi) is 4.49. The first-order valence-electron chi connectivity index (χ1n) is 12.7. The number of fused-ring (bicyclic) bond motifs is 6. The van der Waals surface area contributed by atoms with Crippen LogP contribution in [0.15, 0.2) is 134 Å². The molecule has 8 aromatic rings. The van der Waals surface area contributed by atoms with Gasteiger partial charge in [-0.15, -0.1) is 0 Å². The van der Waals surface area contributed by atoms with Crippen LogP contribution in [0.2, 0.25) is 0 Å². The summed E-state index contributed by atoms with van der Waals surface area (Å²) in [5.74, 6) is 0. The standard InChI is InChI=1S/C34H22N4/c1-3-12-31-27(10-1)28-11-2-4-13-32(28)38(31)26-14-15-33-29(20-26)30-22-36-18-16-34(30)37(33)25-9-5-7-23(19-25)24-8-6-17-35-21-24/h1-22H. The van der Waals surface area contributed by atoms with Crippen molar-refractivity contribution in [1.82, 2.24) is 19.1 Å². The van der Waals surface area contributed by atoms with Crippen LogP contribution in [0.5, 0.6) is 0 Å². The van der Waals surface area contributed by atoms with Crippen molar-refractivity contribution >= 4 is 43.6 Å². The second kappa shape index (κ2) is 8.15. The van der Waals surface area contributed by atoms with E-state index in [0.717, 1.165) is 38.9 Å². The van der Waals surface area contributed by atoms with Gasteiger partial charge in [0.25, 0.3) is 0 Å². The molecule has 0 aliphatic carbocycles. The van der Waals surface area contributed by atoms with E-state index in [4.69, 9.17) is 0 Å². The Morgan fingerprint density at radius 2 is 1.05 bits per heavy atom. The van der Waals surface area contributed by atoms with Crippen LogP contribution in [0, 0.1) is 0 Å². The lowest BCUT2D eigenvalue weighted by molar-refractivity contribution is 1.16. The van der Waals surface area contributed by atoms with Crippen molar-refractivity contribution < 1.29 is 0 Å². The van der Waals surface area contributed by atoms with Gasteiger partial charge in [-0.2, -0.15) is 0 Å². The summed E-state index contributed by atoms with van der Waals surface area (Å²) in [6, 6.07) is 38.9. The summed E-state index contributed by atoms with van der Waals surface area (Å²) >= 11 is 0. The number of nitrogens with zero attached hydrogens (tertiary/aromatic N) is 4. The molecule has 0 amide bonds. The molecule has 4 aromatic heterocycles. The third-order valence-corrected chi connectivity index (χ3v) is 7.49. The summed E-state index contributed by atoms with van der Waals surface area (Å²) in [6.07, 6.45) is 7.57.